The standard InChI is InChI=1S/C19H24N2O3S/c1-21(2)15-17-9-7-6-8-16(17)14-20-19(22)12-13-25(23,24)18-10-4-3-5-11-18/h3-11H,12-15H2,1-2H3,(H,20,22)/p+1. The van der Waals surface area contributed by atoms with Crippen molar-refractivity contribution in [2.75, 3.05) is 19.8 Å². The first kappa shape index (κ1) is 19.1. The van der Waals surface area contributed by atoms with Crippen LogP contribution in [0, 0.1) is 0 Å². The lowest BCUT2D eigenvalue weighted by molar-refractivity contribution is -0.872. The summed E-state index contributed by atoms with van der Waals surface area (Å²) in [6, 6.07) is 16.2. The molecule has 0 spiro atoms. The predicted molar refractivity (Wildman–Crippen MR) is 97.9 cm³/mol. The molecule has 0 unspecified atom stereocenters. The molecule has 2 aromatic carbocycles. The molecule has 0 bridgehead atoms. The first-order chi connectivity index (χ1) is 11.9. The van der Waals surface area contributed by atoms with Gasteiger partial charge >= 0.3 is 0 Å². The van der Waals surface area contributed by atoms with E-state index in [1.54, 1.807) is 30.3 Å². The second-order valence-corrected chi connectivity index (χ2v) is 8.42. The summed E-state index contributed by atoms with van der Waals surface area (Å²) in [5.74, 6) is -0.446. The van der Waals surface area contributed by atoms with E-state index >= 15 is 0 Å². The molecule has 0 aliphatic rings. The van der Waals surface area contributed by atoms with Crippen LogP contribution in [-0.2, 0) is 27.7 Å². The van der Waals surface area contributed by atoms with Gasteiger partial charge in [0.25, 0.3) is 0 Å². The number of hydrogen-bond donors (Lipinski definition) is 2. The number of rotatable bonds is 8. The van der Waals surface area contributed by atoms with E-state index in [1.807, 2.05) is 24.3 Å². The summed E-state index contributed by atoms with van der Waals surface area (Å²) in [7, 11) is 0.720. The minimum Gasteiger partial charge on any atom is -0.352 e. The highest BCUT2D eigenvalue weighted by molar-refractivity contribution is 7.91. The Morgan fingerprint density at radius 1 is 0.960 bits per heavy atom. The molecule has 6 heteroatoms. The summed E-state index contributed by atoms with van der Waals surface area (Å²) in [4.78, 5) is 13.6. The highest BCUT2D eigenvalue weighted by atomic mass is 32.2. The zero-order valence-corrected chi connectivity index (χ0v) is 15.5. The van der Waals surface area contributed by atoms with Gasteiger partial charge in [-0.3, -0.25) is 4.79 Å². The van der Waals surface area contributed by atoms with Crippen molar-refractivity contribution in [3.05, 3.63) is 65.7 Å². The van der Waals surface area contributed by atoms with E-state index < -0.39 is 9.84 Å². The third-order valence-corrected chi connectivity index (χ3v) is 5.57. The average molecular weight is 361 g/mol. The van der Waals surface area contributed by atoms with Crippen molar-refractivity contribution in [1.82, 2.24) is 5.32 Å². The van der Waals surface area contributed by atoms with Gasteiger partial charge in [0.1, 0.15) is 6.54 Å². The van der Waals surface area contributed by atoms with Gasteiger partial charge in [-0.05, 0) is 17.7 Å². The second kappa shape index (κ2) is 8.78. The van der Waals surface area contributed by atoms with Gasteiger partial charge in [-0.1, -0.05) is 42.5 Å². The Kier molecular flexibility index (Phi) is 6.73. The molecule has 0 aliphatic heterocycles. The van der Waals surface area contributed by atoms with Crippen LogP contribution < -0.4 is 10.2 Å². The third kappa shape index (κ3) is 5.99. The maximum atomic E-state index is 12.2. The lowest BCUT2D eigenvalue weighted by Gasteiger charge is -2.13. The minimum atomic E-state index is -3.43. The Hall–Kier alpha value is -2.18. The average Bonchev–Trinajstić information content (AvgIpc) is 2.59. The normalized spacial score (nSPS) is 11.5. The van der Waals surface area contributed by atoms with Crippen molar-refractivity contribution in [2.24, 2.45) is 0 Å². The van der Waals surface area contributed by atoms with Crippen LogP contribution in [0.1, 0.15) is 17.5 Å². The maximum Gasteiger partial charge on any atom is 0.221 e. The molecule has 1 amide bonds. The van der Waals surface area contributed by atoms with Gasteiger partial charge in [-0.15, -0.1) is 0 Å². The highest BCUT2D eigenvalue weighted by Crippen LogP contribution is 2.11. The van der Waals surface area contributed by atoms with Gasteiger partial charge in [0.05, 0.1) is 24.7 Å². The molecule has 0 heterocycles. The highest BCUT2D eigenvalue weighted by Gasteiger charge is 2.16. The topological polar surface area (TPSA) is 67.7 Å². The van der Waals surface area contributed by atoms with Crippen LogP contribution in [0.25, 0.3) is 0 Å². The van der Waals surface area contributed by atoms with Crippen molar-refractivity contribution >= 4 is 15.7 Å². The van der Waals surface area contributed by atoms with Gasteiger partial charge in [0.15, 0.2) is 9.84 Å². The van der Waals surface area contributed by atoms with Crippen LogP contribution in [-0.4, -0.2) is 34.2 Å². The maximum absolute atomic E-state index is 12.2. The van der Waals surface area contributed by atoms with Crippen molar-refractivity contribution in [3.63, 3.8) is 0 Å². The molecule has 0 fully saturated rings. The van der Waals surface area contributed by atoms with Crippen LogP contribution >= 0.6 is 0 Å². The van der Waals surface area contributed by atoms with Crippen LogP contribution in [0.4, 0.5) is 0 Å². The molecule has 0 atom stereocenters. The number of quaternary nitrogens is 1. The molecule has 2 rings (SSSR count). The van der Waals surface area contributed by atoms with Gasteiger partial charge < -0.3 is 10.2 Å². The number of carbonyl (C=O) groups is 1. The lowest BCUT2D eigenvalue weighted by atomic mass is 10.1. The zero-order valence-electron chi connectivity index (χ0n) is 14.7. The lowest BCUT2D eigenvalue weighted by Crippen LogP contribution is -3.04. The van der Waals surface area contributed by atoms with E-state index in [1.165, 1.54) is 10.5 Å². The predicted octanol–water partition coefficient (Wildman–Crippen LogP) is 0.811. The summed E-state index contributed by atoms with van der Waals surface area (Å²) < 4.78 is 24.4. The summed E-state index contributed by atoms with van der Waals surface area (Å²) >= 11 is 0. The molecule has 5 nitrogen and oxygen atoms in total. The SMILES string of the molecule is C[NH+](C)Cc1ccccc1CNC(=O)CCS(=O)(=O)c1ccccc1. The fourth-order valence-corrected chi connectivity index (χ4v) is 3.80. The molecule has 25 heavy (non-hydrogen) atoms. The molecule has 0 aromatic heterocycles. The number of sulfone groups is 1. The number of nitrogens with one attached hydrogen (secondary N) is 2. The third-order valence-electron chi connectivity index (χ3n) is 3.84. The van der Waals surface area contributed by atoms with Crippen molar-refractivity contribution in [3.8, 4) is 0 Å². The van der Waals surface area contributed by atoms with Crippen molar-refractivity contribution in [1.29, 1.82) is 0 Å². The Morgan fingerprint density at radius 2 is 1.56 bits per heavy atom. The quantitative estimate of drug-likeness (QED) is 0.731. The van der Waals surface area contributed by atoms with Crippen LogP contribution in [0.3, 0.4) is 0 Å². The number of benzene rings is 2. The van der Waals surface area contributed by atoms with E-state index in [9.17, 15) is 13.2 Å². The van der Waals surface area contributed by atoms with Gasteiger partial charge in [0, 0.05) is 18.5 Å². The first-order valence-electron chi connectivity index (χ1n) is 8.29. The Balaban J connectivity index is 1.90. The summed E-state index contributed by atoms with van der Waals surface area (Å²) in [5.41, 5.74) is 2.24. The molecule has 0 saturated heterocycles. The van der Waals surface area contributed by atoms with E-state index in [0.717, 1.165) is 12.1 Å². The van der Waals surface area contributed by atoms with E-state index in [-0.39, 0.29) is 23.0 Å². The fraction of sp³-hybridized carbons (Fsp3) is 0.316. The van der Waals surface area contributed by atoms with Crippen molar-refractivity contribution < 1.29 is 18.1 Å². The van der Waals surface area contributed by atoms with Crippen molar-refractivity contribution in [2.45, 2.75) is 24.4 Å². The Labute approximate surface area is 149 Å². The second-order valence-electron chi connectivity index (χ2n) is 6.31. The molecular formula is C19H25N2O3S+. The number of carbonyl (C=O) groups excluding carboxylic acids is 1. The van der Waals surface area contributed by atoms with Crippen LogP contribution in [0.15, 0.2) is 59.5 Å². The van der Waals surface area contributed by atoms with Gasteiger partial charge in [-0.25, -0.2) is 8.42 Å². The molecule has 0 radical (unpaired) electrons. The zero-order chi connectivity index (χ0) is 18.3. The van der Waals surface area contributed by atoms with Crippen LogP contribution in [0.5, 0.6) is 0 Å². The van der Waals surface area contributed by atoms with Gasteiger partial charge in [-0.2, -0.15) is 0 Å². The molecule has 2 aromatic rings. The summed E-state index contributed by atoms with van der Waals surface area (Å²) in [6.07, 6.45) is -0.0433. The van der Waals surface area contributed by atoms with E-state index in [0.29, 0.717) is 6.54 Å². The van der Waals surface area contributed by atoms with Crippen LogP contribution in [0.2, 0.25) is 0 Å². The molecule has 134 valence electrons. The van der Waals surface area contributed by atoms with Gasteiger partial charge in [0.2, 0.25) is 5.91 Å². The molecule has 2 N–H and O–H groups in total. The summed E-state index contributed by atoms with van der Waals surface area (Å²) in [5, 5.41) is 2.82. The molecule has 0 saturated carbocycles. The first-order valence-corrected chi connectivity index (χ1v) is 9.94. The Bertz CT molecular complexity index is 802. The number of hydrogen-bond acceptors (Lipinski definition) is 3. The number of amides is 1. The smallest absolute Gasteiger partial charge is 0.221 e. The monoisotopic (exact) mass is 361 g/mol. The largest absolute Gasteiger partial charge is 0.352 e. The molecular weight excluding hydrogens is 336 g/mol. The van der Waals surface area contributed by atoms with E-state index in [2.05, 4.69) is 19.4 Å². The minimum absolute atomic E-state index is 0.0433. The molecule has 0 aliphatic carbocycles. The fourth-order valence-electron chi connectivity index (χ4n) is 2.54. The Morgan fingerprint density at radius 3 is 2.20 bits per heavy atom. The van der Waals surface area contributed by atoms with E-state index in [4.69, 9.17) is 0 Å². The summed E-state index contributed by atoms with van der Waals surface area (Å²) in [6.45, 7) is 1.28.